The number of hydrogen-bond acceptors (Lipinski definition) is 5. The number of nitrogens with one attached hydrogen (secondary N) is 2. The van der Waals surface area contributed by atoms with Gasteiger partial charge in [0.2, 0.25) is 0 Å². The van der Waals surface area contributed by atoms with Crippen molar-refractivity contribution in [2.24, 2.45) is 11.8 Å². The Morgan fingerprint density at radius 1 is 1.44 bits per heavy atom. The third kappa shape index (κ3) is 2.46. The van der Waals surface area contributed by atoms with E-state index in [9.17, 15) is 4.79 Å². The molecule has 0 bridgehead atoms. The fraction of sp³-hybridized carbons (Fsp3) is 0.500. The predicted octanol–water partition coefficient (Wildman–Crippen LogP) is 0.292. The lowest BCUT2D eigenvalue weighted by Crippen LogP contribution is -2.32. The first-order valence-corrected chi connectivity index (χ1v) is 5.38. The monoisotopic (exact) mass is 221 g/mol. The molecule has 4 N–H and O–H groups in total. The molecule has 0 spiro atoms. The van der Waals surface area contributed by atoms with Crippen molar-refractivity contribution in [2.75, 3.05) is 12.0 Å². The summed E-state index contributed by atoms with van der Waals surface area (Å²) in [5.74, 6) is 6.05. The van der Waals surface area contributed by atoms with E-state index in [-0.39, 0.29) is 5.91 Å². The summed E-state index contributed by atoms with van der Waals surface area (Å²) in [6.07, 6.45) is 3.70. The highest BCUT2D eigenvalue weighted by molar-refractivity contribution is 5.92. The summed E-state index contributed by atoms with van der Waals surface area (Å²) in [6.45, 7) is 0.734. The number of nitrogens with two attached hydrogens (primary N) is 1. The molecular weight excluding hydrogens is 206 g/mol. The number of carbonyl (C=O) groups is 1. The molecule has 2 rings (SSSR count). The van der Waals surface area contributed by atoms with E-state index < -0.39 is 0 Å². The van der Waals surface area contributed by atoms with Crippen molar-refractivity contribution in [3.8, 4) is 0 Å². The first-order valence-electron chi connectivity index (χ1n) is 5.38. The highest BCUT2D eigenvalue weighted by Crippen LogP contribution is 2.25. The zero-order valence-corrected chi connectivity index (χ0v) is 8.94. The Morgan fingerprint density at radius 3 is 2.75 bits per heavy atom. The predicted molar refractivity (Wildman–Crippen MR) is 59.5 cm³/mol. The van der Waals surface area contributed by atoms with Gasteiger partial charge in [0, 0.05) is 6.54 Å². The number of nitrogens with zero attached hydrogens (tertiary/aromatic N) is 2. The van der Waals surface area contributed by atoms with Gasteiger partial charge in [0.05, 0.1) is 0 Å². The average molecular weight is 221 g/mol. The molecule has 1 aromatic heterocycles. The molecule has 0 saturated heterocycles. The SMILES string of the molecule is NNc1ccc(C(=O)NCC2CCC2)nn1. The molecule has 1 aliphatic rings. The van der Waals surface area contributed by atoms with Crippen LogP contribution in [0.15, 0.2) is 12.1 Å². The second-order valence-corrected chi connectivity index (χ2v) is 3.96. The van der Waals surface area contributed by atoms with Crippen molar-refractivity contribution in [1.29, 1.82) is 0 Å². The average Bonchev–Trinajstić information content (AvgIpc) is 2.27. The molecule has 0 unspecified atom stereocenters. The maximum atomic E-state index is 11.6. The maximum Gasteiger partial charge on any atom is 0.271 e. The molecule has 0 atom stereocenters. The van der Waals surface area contributed by atoms with Gasteiger partial charge < -0.3 is 10.7 Å². The summed E-state index contributed by atoms with van der Waals surface area (Å²) in [7, 11) is 0. The fourth-order valence-electron chi connectivity index (χ4n) is 1.55. The minimum absolute atomic E-state index is 0.178. The van der Waals surface area contributed by atoms with E-state index in [1.54, 1.807) is 12.1 Å². The highest BCUT2D eigenvalue weighted by atomic mass is 16.1. The van der Waals surface area contributed by atoms with Gasteiger partial charge in [-0.05, 0) is 30.9 Å². The molecule has 1 aromatic rings. The van der Waals surface area contributed by atoms with Gasteiger partial charge in [0.1, 0.15) is 0 Å². The van der Waals surface area contributed by atoms with Crippen LogP contribution in [0.4, 0.5) is 5.82 Å². The molecule has 16 heavy (non-hydrogen) atoms. The van der Waals surface area contributed by atoms with Crippen molar-refractivity contribution in [1.82, 2.24) is 15.5 Å². The van der Waals surface area contributed by atoms with Crippen LogP contribution in [0.25, 0.3) is 0 Å². The Balaban J connectivity index is 1.86. The van der Waals surface area contributed by atoms with Crippen LogP contribution in [-0.2, 0) is 0 Å². The number of anilines is 1. The van der Waals surface area contributed by atoms with Gasteiger partial charge in [0.15, 0.2) is 11.5 Å². The van der Waals surface area contributed by atoms with E-state index in [0.29, 0.717) is 17.4 Å². The lowest BCUT2D eigenvalue weighted by Gasteiger charge is -2.25. The van der Waals surface area contributed by atoms with Gasteiger partial charge in [-0.1, -0.05) is 6.42 Å². The molecule has 0 aliphatic heterocycles. The molecular formula is C10H15N5O. The molecule has 1 heterocycles. The molecule has 0 aromatic carbocycles. The molecule has 0 radical (unpaired) electrons. The van der Waals surface area contributed by atoms with E-state index in [1.165, 1.54) is 19.3 Å². The quantitative estimate of drug-likeness (QED) is 0.502. The second-order valence-electron chi connectivity index (χ2n) is 3.96. The zero-order valence-electron chi connectivity index (χ0n) is 8.94. The first kappa shape index (κ1) is 10.8. The van der Waals surface area contributed by atoms with Crippen LogP contribution in [0.1, 0.15) is 29.8 Å². The zero-order chi connectivity index (χ0) is 11.4. The normalized spacial score (nSPS) is 15.3. The minimum atomic E-state index is -0.178. The Labute approximate surface area is 93.6 Å². The van der Waals surface area contributed by atoms with Crippen LogP contribution >= 0.6 is 0 Å². The van der Waals surface area contributed by atoms with E-state index in [2.05, 4.69) is 20.9 Å². The minimum Gasteiger partial charge on any atom is -0.350 e. The lowest BCUT2D eigenvalue weighted by atomic mass is 9.85. The first-order chi connectivity index (χ1) is 7.79. The van der Waals surface area contributed by atoms with Crippen LogP contribution in [0.5, 0.6) is 0 Å². The topological polar surface area (TPSA) is 92.9 Å². The summed E-state index contributed by atoms with van der Waals surface area (Å²) >= 11 is 0. The summed E-state index contributed by atoms with van der Waals surface area (Å²) in [5, 5.41) is 10.3. The molecule has 6 heteroatoms. The van der Waals surface area contributed by atoms with Gasteiger partial charge in [-0.2, -0.15) is 0 Å². The Morgan fingerprint density at radius 2 is 2.25 bits per heavy atom. The molecule has 86 valence electrons. The number of carbonyl (C=O) groups excluding carboxylic acids is 1. The van der Waals surface area contributed by atoms with Gasteiger partial charge in [-0.25, -0.2) is 5.84 Å². The molecule has 1 amide bonds. The Kier molecular flexibility index (Phi) is 3.31. The molecule has 1 aliphatic carbocycles. The third-order valence-electron chi connectivity index (χ3n) is 2.82. The van der Waals surface area contributed by atoms with Crippen LogP contribution in [0.3, 0.4) is 0 Å². The van der Waals surface area contributed by atoms with Crippen molar-refractivity contribution in [3.63, 3.8) is 0 Å². The Bertz CT molecular complexity index is 360. The summed E-state index contributed by atoms with van der Waals surface area (Å²) < 4.78 is 0. The van der Waals surface area contributed by atoms with Gasteiger partial charge in [-0.15, -0.1) is 10.2 Å². The largest absolute Gasteiger partial charge is 0.350 e. The number of hydrogen-bond donors (Lipinski definition) is 3. The van der Waals surface area contributed by atoms with E-state index in [4.69, 9.17) is 5.84 Å². The maximum absolute atomic E-state index is 11.6. The summed E-state index contributed by atoms with van der Waals surface area (Å²) in [4.78, 5) is 11.6. The number of amides is 1. The standard InChI is InChI=1S/C10H15N5O/c11-13-9-5-4-8(14-15-9)10(16)12-6-7-2-1-3-7/h4-5,7H,1-3,6,11H2,(H,12,16)(H,13,15). The van der Waals surface area contributed by atoms with Crippen molar-refractivity contribution >= 4 is 11.7 Å². The third-order valence-corrected chi connectivity index (χ3v) is 2.82. The van der Waals surface area contributed by atoms with Crippen molar-refractivity contribution in [2.45, 2.75) is 19.3 Å². The van der Waals surface area contributed by atoms with Crippen molar-refractivity contribution < 1.29 is 4.79 Å². The van der Waals surface area contributed by atoms with E-state index >= 15 is 0 Å². The van der Waals surface area contributed by atoms with Gasteiger partial charge >= 0.3 is 0 Å². The van der Waals surface area contributed by atoms with E-state index in [1.807, 2.05) is 0 Å². The van der Waals surface area contributed by atoms with Crippen molar-refractivity contribution in [3.05, 3.63) is 17.8 Å². The number of rotatable bonds is 4. The molecule has 1 saturated carbocycles. The van der Waals surface area contributed by atoms with Crippen LogP contribution in [0.2, 0.25) is 0 Å². The lowest BCUT2D eigenvalue weighted by molar-refractivity contribution is 0.0933. The van der Waals surface area contributed by atoms with E-state index in [0.717, 1.165) is 6.54 Å². The fourth-order valence-corrected chi connectivity index (χ4v) is 1.55. The number of nitrogen functional groups attached to an aromatic ring is 1. The Hall–Kier alpha value is -1.69. The van der Waals surface area contributed by atoms with Crippen LogP contribution in [0, 0.1) is 5.92 Å². The summed E-state index contributed by atoms with van der Waals surface area (Å²) in [5.41, 5.74) is 2.67. The summed E-state index contributed by atoms with van der Waals surface area (Å²) in [6, 6.07) is 3.21. The van der Waals surface area contributed by atoms with Crippen LogP contribution in [-0.4, -0.2) is 22.6 Å². The number of hydrazine groups is 1. The van der Waals surface area contributed by atoms with Gasteiger partial charge in [-0.3, -0.25) is 4.79 Å². The van der Waals surface area contributed by atoms with Gasteiger partial charge in [0.25, 0.3) is 5.91 Å². The molecule has 1 fully saturated rings. The smallest absolute Gasteiger partial charge is 0.271 e. The van der Waals surface area contributed by atoms with Crippen LogP contribution < -0.4 is 16.6 Å². The second kappa shape index (κ2) is 4.89. The number of aromatic nitrogens is 2. The molecule has 6 nitrogen and oxygen atoms in total. The highest BCUT2D eigenvalue weighted by Gasteiger charge is 2.18.